The van der Waals surface area contributed by atoms with Crippen molar-refractivity contribution in [1.82, 2.24) is 14.5 Å². The van der Waals surface area contributed by atoms with E-state index in [4.69, 9.17) is 17.3 Å². The molecule has 2 heterocycles. The third-order valence-corrected chi connectivity index (χ3v) is 3.72. The van der Waals surface area contributed by atoms with E-state index >= 15 is 0 Å². The zero-order valence-corrected chi connectivity index (χ0v) is 12.0. The van der Waals surface area contributed by atoms with Crippen LogP contribution in [0, 0.1) is 11.3 Å². The summed E-state index contributed by atoms with van der Waals surface area (Å²) in [5.74, 6) is 0.963. The molecule has 0 spiro atoms. The molecule has 0 saturated carbocycles. The lowest BCUT2D eigenvalue weighted by Crippen LogP contribution is -2.23. The van der Waals surface area contributed by atoms with E-state index in [-0.39, 0.29) is 5.41 Å². The molecule has 98 valence electrons. The minimum Gasteiger partial charge on any atom is -0.369 e. The van der Waals surface area contributed by atoms with Crippen molar-refractivity contribution < 1.29 is 0 Å². The van der Waals surface area contributed by atoms with Gasteiger partial charge in [-0.05, 0) is 17.4 Å². The molecule has 2 aromatic heterocycles. The van der Waals surface area contributed by atoms with E-state index in [1.54, 1.807) is 12.3 Å². The molecule has 0 fully saturated rings. The summed E-state index contributed by atoms with van der Waals surface area (Å²) >= 11 is 5.91. The Hall–Kier alpha value is -1.29. The Balaban J connectivity index is 2.42. The fourth-order valence-corrected chi connectivity index (χ4v) is 1.88. The van der Waals surface area contributed by atoms with Crippen molar-refractivity contribution in [3.8, 4) is 0 Å². The van der Waals surface area contributed by atoms with Gasteiger partial charge in [-0.2, -0.15) is 0 Å². The van der Waals surface area contributed by atoms with E-state index in [0.29, 0.717) is 16.9 Å². The topological polar surface area (TPSA) is 56.7 Å². The highest BCUT2D eigenvalue weighted by molar-refractivity contribution is 6.31. The summed E-state index contributed by atoms with van der Waals surface area (Å²) in [7, 11) is 0. The number of hydrogen-bond acceptors (Lipinski definition) is 3. The molecule has 0 aliphatic heterocycles. The molecule has 0 radical (unpaired) electrons. The quantitative estimate of drug-likeness (QED) is 0.907. The third-order valence-electron chi connectivity index (χ3n) is 3.52. The second kappa shape index (κ2) is 4.43. The van der Waals surface area contributed by atoms with Crippen molar-refractivity contribution in [3.63, 3.8) is 0 Å². The fourth-order valence-electron chi connectivity index (χ4n) is 1.73. The summed E-state index contributed by atoms with van der Waals surface area (Å²) in [4.78, 5) is 8.63. The van der Waals surface area contributed by atoms with Crippen LogP contribution in [0.25, 0.3) is 11.2 Å². The Labute approximate surface area is 112 Å². The van der Waals surface area contributed by atoms with E-state index in [0.717, 1.165) is 17.7 Å². The highest BCUT2D eigenvalue weighted by atomic mass is 35.5. The lowest BCUT2D eigenvalue weighted by Gasteiger charge is -2.27. The van der Waals surface area contributed by atoms with Crippen LogP contribution in [0.4, 0.5) is 5.95 Å². The second-order valence-corrected chi connectivity index (χ2v) is 6.28. The molecule has 1 atom stereocenters. The first-order chi connectivity index (χ1) is 8.29. The third kappa shape index (κ3) is 2.43. The summed E-state index contributed by atoms with van der Waals surface area (Å²) in [6.45, 7) is 9.67. The summed E-state index contributed by atoms with van der Waals surface area (Å²) in [6.07, 6.45) is 1.63. The van der Waals surface area contributed by atoms with Crippen molar-refractivity contribution in [3.05, 3.63) is 17.3 Å². The summed E-state index contributed by atoms with van der Waals surface area (Å²) in [5.41, 5.74) is 7.73. The molecular weight excluding hydrogens is 248 g/mol. The first-order valence-corrected chi connectivity index (χ1v) is 6.44. The van der Waals surface area contributed by atoms with E-state index in [9.17, 15) is 0 Å². The van der Waals surface area contributed by atoms with Crippen LogP contribution in [0.15, 0.2) is 12.3 Å². The van der Waals surface area contributed by atoms with Crippen molar-refractivity contribution in [2.24, 2.45) is 11.3 Å². The van der Waals surface area contributed by atoms with Gasteiger partial charge < -0.3 is 5.73 Å². The highest BCUT2D eigenvalue weighted by Crippen LogP contribution is 2.29. The number of halogens is 1. The summed E-state index contributed by atoms with van der Waals surface area (Å²) in [6, 6.07) is 1.79. The minimum absolute atomic E-state index is 0.218. The summed E-state index contributed by atoms with van der Waals surface area (Å²) < 4.78 is 1.96. The van der Waals surface area contributed by atoms with Crippen LogP contribution in [-0.2, 0) is 6.54 Å². The molecule has 0 amide bonds. The van der Waals surface area contributed by atoms with Gasteiger partial charge in [-0.3, -0.25) is 4.57 Å². The number of hydrogen-bond donors (Lipinski definition) is 1. The minimum atomic E-state index is 0.218. The molecule has 0 aliphatic rings. The van der Waals surface area contributed by atoms with E-state index in [1.807, 2.05) is 4.57 Å². The Morgan fingerprint density at radius 2 is 2.11 bits per heavy atom. The van der Waals surface area contributed by atoms with Crippen LogP contribution >= 0.6 is 11.6 Å². The Morgan fingerprint density at radius 3 is 2.72 bits per heavy atom. The second-order valence-electron chi connectivity index (χ2n) is 5.84. The lowest BCUT2D eigenvalue weighted by molar-refractivity contribution is 0.235. The Bertz CT molecular complexity index is 568. The largest absolute Gasteiger partial charge is 0.369 e. The van der Waals surface area contributed by atoms with Crippen molar-refractivity contribution >= 4 is 28.7 Å². The zero-order chi connectivity index (χ0) is 13.5. The van der Waals surface area contributed by atoms with Crippen LogP contribution in [0.1, 0.15) is 27.7 Å². The molecule has 5 heteroatoms. The van der Waals surface area contributed by atoms with Gasteiger partial charge >= 0.3 is 0 Å². The van der Waals surface area contributed by atoms with Gasteiger partial charge in [0.2, 0.25) is 5.95 Å². The number of pyridine rings is 1. The molecule has 2 rings (SSSR count). The van der Waals surface area contributed by atoms with Crippen LogP contribution in [0.5, 0.6) is 0 Å². The number of fused-ring (bicyclic) bond motifs is 1. The average Bonchev–Trinajstić information content (AvgIpc) is 2.53. The number of nitrogen functional groups attached to an aromatic ring is 1. The van der Waals surface area contributed by atoms with E-state index < -0.39 is 0 Å². The molecule has 2 aromatic rings. The van der Waals surface area contributed by atoms with Gasteiger partial charge in [-0.25, -0.2) is 9.97 Å². The van der Waals surface area contributed by atoms with Gasteiger partial charge in [-0.1, -0.05) is 39.3 Å². The molecule has 0 aliphatic carbocycles. The van der Waals surface area contributed by atoms with E-state index in [2.05, 4.69) is 37.7 Å². The smallest absolute Gasteiger partial charge is 0.202 e. The number of rotatable bonds is 2. The Kier molecular flexibility index (Phi) is 3.23. The molecule has 1 unspecified atom stereocenters. The standard InChI is InChI=1S/C13H19ClN4/c1-8(13(2,3)4)7-18-11-10(17-12(18)15)5-9(14)6-16-11/h5-6,8H,7H2,1-4H3,(H2,15,17). The van der Waals surface area contributed by atoms with Crippen molar-refractivity contribution in [2.75, 3.05) is 5.73 Å². The monoisotopic (exact) mass is 266 g/mol. The van der Waals surface area contributed by atoms with Crippen LogP contribution in [-0.4, -0.2) is 14.5 Å². The van der Waals surface area contributed by atoms with Gasteiger partial charge in [0.05, 0.1) is 5.02 Å². The number of nitrogens with two attached hydrogens (primary N) is 1. The van der Waals surface area contributed by atoms with Crippen LogP contribution < -0.4 is 5.73 Å². The predicted molar refractivity (Wildman–Crippen MR) is 75.6 cm³/mol. The van der Waals surface area contributed by atoms with Gasteiger partial charge in [0.15, 0.2) is 5.65 Å². The first kappa shape index (κ1) is 13.1. The lowest BCUT2D eigenvalue weighted by atomic mass is 9.82. The van der Waals surface area contributed by atoms with E-state index in [1.165, 1.54) is 0 Å². The zero-order valence-electron chi connectivity index (χ0n) is 11.2. The Morgan fingerprint density at radius 1 is 1.44 bits per heavy atom. The molecule has 0 aromatic carbocycles. The van der Waals surface area contributed by atoms with Crippen molar-refractivity contribution in [2.45, 2.75) is 34.2 Å². The highest BCUT2D eigenvalue weighted by Gasteiger charge is 2.22. The number of nitrogens with zero attached hydrogens (tertiary/aromatic N) is 3. The molecular formula is C13H19ClN4. The molecule has 4 nitrogen and oxygen atoms in total. The molecule has 0 bridgehead atoms. The average molecular weight is 267 g/mol. The van der Waals surface area contributed by atoms with Crippen LogP contribution in [0.3, 0.4) is 0 Å². The van der Waals surface area contributed by atoms with Gasteiger partial charge in [0.25, 0.3) is 0 Å². The van der Waals surface area contributed by atoms with Gasteiger partial charge in [0, 0.05) is 12.7 Å². The van der Waals surface area contributed by atoms with Gasteiger partial charge in [0.1, 0.15) is 5.52 Å². The fraction of sp³-hybridized carbons (Fsp3) is 0.538. The number of imidazole rings is 1. The summed E-state index contributed by atoms with van der Waals surface area (Å²) in [5, 5.41) is 0.580. The first-order valence-electron chi connectivity index (χ1n) is 6.06. The molecule has 18 heavy (non-hydrogen) atoms. The maximum Gasteiger partial charge on any atom is 0.202 e. The predicted octanol–water partition coefficient (Wildman–Crippen LogP) is 3.35. The molecule has 2 N–H and O–H groups in total. The number of aromatic nitrogens is 3. The molecule has 0 saturated heterocycles. The maximum absolute atomic E-state index is 5.96. The van der Waals surface area contributed by atoms with Crippen molar-refractivity contribution in [1.29, 1.82) is 0 Å². The normalized spacial score (nSPS) is 14.1. The van der Waals surface area contributed by atoms with Gasteiger partial charge in [-0.15, -0.1) is 0 Å². The number of anilines is 1. The maximum atomic E-state index is 5.96. The SMILES string of the molecule is CC(Cn1c(N)nc2cc(Cl)cnc21)C(C)(C)C. The van der Waals surface area contributed by atoms with Crippen LogP contribution in [0.2, 0.25) is 5.02 Å².